The van der Waals surface area contributed by atoms with Gasteiger partial charge in [0, 0.05) is 13.2 Å². The van der Waals surface area contributed by atoms with Crippen LogP contribution in [0, 0.1) is 0 Å². The van der Waals surface area contributed by atoms with Gasteiger partial charge in [-0.1, -0.05) is 11.6 Å². The van der Waals surface area contributed by atoms with Gasteiger partial charge < -0.3 is 14.2 Å². The van der Waals surface area contributed by atoms with Crippen LogP contribution >= 0.6 is 11.6 Å². The van der Waals surface area contributed by atoms with E-state index in [-0.39, 0.29) is 5.69 Å². The van der Waals surface area contributed by atoms with Crippen LogP contribution in [0.4, 0.5) is 0 Å². The third-order valence-corrected chi connectivity index (χ3v) is 2.56. The third-order valence-electron chi connectivity index (χ3n) is 2.20. The number of carboxylic acid groups (broad SMARTS) is 1. The van der Waals surface area contributed by atoms with Crippen LogP contribution in [0.1, 0.15) is 16.3 Å². The van der Waals surface area contributed by atoms with Gasteiger partial charge in [0.2, 0.25) is 0 Å². The van der Waals surface area contributed by atoms with Crippen LogP contribution in [0.2, 0.25) is 5.15 Å². The molecular weight excluding hydrogens is 232 g/mol. The van der Waals surface area contributed by atoms with Crippen molar-refractivity contribution in [1.29, 1.82) is 0 Å². The molecule has 2 heterocycles. The molecule has 0 spiro atoms. The quantitative estimate of drug-likeness (QED) is 0.869. The minimum Gasteiger partial charge on any atom is -0.476 e. The van der Waals surface area contributed by atoms with Gasteiger partial charge in [0.05, 0.1) is 19.1 Å². The van der Waals surface area contributed by atoms with E-state index < -0.39 is 5.97 Å². The molecule has 0 aliphatic rings. The first-order valence-corrected chi connectivity index (χ1v) is 4.87. The predicted molar refractivity (Wildman–Crippen MR) is 56.5 cm³/mol. The zero-order valence-corrected chi connectivity index (χ0v) is 9.22. The van der Waals surface area contributed by atoms with E-state index in [1.807, 2.05) is 0 Å². The smallest absolute Gasteiger partial charge is 0.356 e. The fraction of sp³-hybridized carbons (Fsp3) is 0.222. The number of carbonyl (C=O) groups is 1. The lowest BCUT2D eigenvalue weighted by molar-refractivity contribution is 0.0691. The Morgan fingerprint density at radius 3 is 2.81 bits per heavy atom. The normalized spacial score (nSPS) is 10.6. The molecule has 0 saturated carbocycles. The maximum atomic E-state index is 10.6. The molecule has 0 aromatic carbocycles. The molecule has 2 aromatic rings. The Morgan fingerprint density at radius 1 is 1.56 bits per heavy atom. The van der Waals surface area contributed by atoms with Crippen LogP contribution < -0.4 is 0 Å². The van der Waals surface area contributed by atoms with Crippen LogP contribution in [-0.2, 0) is 13.6 Å². The van der Waals surface area contributed by atoms with Crippen LogP contribution in [0.3, 0.4) is 0 Å². The van der Waals surface area contributed by atoms with Gasteiger partial charge >= 0.3 is 5.97 Å². The van der Waals surface area contributed by atoms with E-state index in [0.29, 0.717) is 11.7 Å². The first kappa shape index (κ1) is 10.7. The first-order valence-electron chi connectivity index (χ1n) is 4.49. The molecule has 0 fully saturated rings. The van der Waals surface area contributed by atoms with E-state index in [1.54, 1.807) is 22.4 Å². The van der Waals surface area contributed by atoms with Gasteiger partial charge in [-0.15, -0.1) is 0 Å². The Hall–Kier alpha value is -1.82. The number of rotatable bonds is 3. The molecule has 1 N–H and O–H groups in total. The highest BCUT2D eigenvalue weighted by Gasteiger charge is 2.09. The number of imidazole rings is 2. The zero-order chi connectivity index (χ0) is 11.7. The van der Waals surface area contributed by atoms with Gasteiger partial charge in [-0.3, -0.25) is 0 Å². The summed E-state index contributed by atoms with van der Waals surface area (Å²) in [6.45, 7) is 0.434. The van der Waals surface area contributed by atoms with Gasteiger partial charge in [-0.2, -0.15) is 0 Å². The van der Waals surface area contributed by atoms with Crippen molar-refractivity contribution in [3.63, 3.8) is 0 Å². The molecule has 0 amide bonds. The van der Waals surface area contributed by atoms with Crippen LogP contribution in [0.15, 0.2) is 18.7 Å². The highest BCUT2D eigenvalue weighted by molar-refractivity contribution is 6.29. The van der Waals surface area contributed by atoms with Gasteiger partial charge in [0.15, 0.2) is 5.69 Å². The molecule has 6 nitrogen and oxygen atoms in total. The maximum absolute atomic E-state index is 10.6. The van der Waals surface area contributed by atoms with Crippen molar-refractivity contribution in [3.05, 3.63) is 35.4 Å². The van der Waals surface area contributed by atoms with Crippen molar-refractivity contribution in [2.75, 3.05) is 0 Å². The maximum Gasteiger partial charge on any atom is 0.356 e. The molecule has 2 aromatic heterocycles. The Balaban J connectivity index is 2.21. The number of aromatic carboxylic acids is 1. The molecule has 0 radical (unpaired) electrons. The summed E-state index contributed by atoms with van der Waals surface area (Å²) >= 11 is 5.83. The summed E-state index contributed by atoms with van der Waals surface area (Å²) in [5, 5.41) is 9.24. The van der Waals surface area contributed by atoms with Crippen LogP contribution in [0.5, 0.6) is 0 Å². The molecule has 0 bridgehead atoms. The van der Waals surface area contributed by atoms with Crippen molar-refractivity contribution < 1.29 is 9.90 Å². The molecule has 84 valence electrons. The summed E-state index contributed by atoms with van der Waals surface area (Å²) < 4.78 is 3.37. The van der Waals surface area contributed by atoms with Crippen molar-refractivity contribution in [2.45, 2.75) is 6.54 Å². The van der Waals surface area contributed by atoms with Crippen molar-refractivity contribution in [1.82, 2.24) is 19.1 Å². The Bertz CT molecular complexity index is 531. The molecular formula is C9H9ClN4O2. The number of halogens is 1. The molecule has 16 heavy (non-hydrogen) atoms. The lowest BCUT2D eigenvalue weighted by atomic mass is 10.5. The third kappa shape index (κ3) is 1.92. The molecule has 2 rings (SSSR count). The average Bonchev–Trinajstić information content (AvgIpc) is 2.81. The van der Waals surface area contributed by atoms with Crippen LogP contribution in [-0.4, -0.2) is 30.2 Å². The van der Waals surface area contributed by atoms with Crippen molar-refractivity contribution in [3.8, 4) is 0 Å². The van der Waals surface area contributed by atoms with E-state index in [2.05, 4.69) is 9.97 Å². The second-order valence-corrected chi connectivity index (χ2v) is 3.68. The Morgan fingerprint density at radius 2 is 2.31 bits per heavy atom. The van der Waals surface area contributed by atoms with E-state index >= 15 is 0 Å². The standard InChI is InChI=1S/C9H9ClN4O2/c1-13-7(10)2-11-8(13)4-14-3-6(9(15)16)12-5-14/h2-3,5H,4H2,1H3,(H,15,16). The Labute approximate surface area is 96.1 Å². The Kier molecular flexibility index (Phi) is 2.66. The van der Waals surface area contributed by atoms with Crippen molar-refractivity contribution >= 4 is 17.6 Å². The second kappa shape index (κ2) is 3.97. The van der Waals surface area contributed by atoms with E-state index in [0.717, 1.165) is 5.82 Å². The summed E-state index contributed by atoms with van der Waals surface area (Å²) in [5.74, 6) is -0.309. The second-order valence-electron chi connectivity index (χ2n) is 3.29. The predicted octanol–water partition coefficient (Wildman–Crippen LogP) is 1.02. The summed E-state index contributed by atoms with van der Waals surface area (Å²) in [5.41, 5.74) is 0.0142. The molecule has 0 unspecified atom stereocenters. The van der Waals surface area contributed by atoms with Gasteiger partial charge in [-0.25, -0.2) is 14.8 Å². The largest absolute Gasteiger partial charge is 0.476 e. The minimum atomic E-state index is -1.04. The zero-order valence-electron chi connectivity index (χ0n) is 8.46. The lowest BCUT2D eigenvalue weighted by Gasteiger charge is -2.02. The molecule has 0 saturated heterocycles. The first-order chi connectivity index (χ1) is 7.58. The van der Waals surface area contributed by atoms with E-state index in [4.69, 9.17) is 16.7 Å². The SMILES string of the molecule is Cn1c(Cl)cnc1Cn1cnc(C(=O)O)c1. The average molecular weight is 241 g/mol. The lowest BCUT2D eigenvalue weighted by Crippen LogP contribution is -2.04. The molecule has 0 aliphatic carbocycles. The van der Waals surface area contributed by atoms with E-state index in [1.165, 1.54) is 12.5 Å². The summed E-state index contributed by atoms with van der Waals surface area (Å²) in [6, 6.07) is 0. The summed E-state index contributed by atoms with van der Waals surface area (Å²) in [6.07, 6.45) is 4.45. The summed E-state index contributed by atoms with van der Waals surface area (Å²) in [7, 11) is 1.79. The van der Waals surface area contributed by atoms with Gasteiger partial charge in [-0.05, 0) is 0 Å². The molecule has 7 heteroatoms. The number of carboxylic acids is 1. The number of hydrogen-bond acceptors (Lipinski definition) is 3. The molecule has 0 aliphatic heterocycles. The number of nitrogens with zero attached hydrogens (tertiary/aromatic N) is 4. The highest BCUT2D eigenvalue weighted by atomic mass is 35.5. The van der Waals surface area contributed by atoms with Gasteiger partial charge in [0.25, 0.3) is 0 Å². The van der Waals surface area contributed by atoms with Crippen molar-refractivity contribution in [2.24, 2.45) is 7.05 Å². The fourth-order valence-electron chi connectivity index (χ4n) is 1.29. The van der Waals surface area contributed by atoms with E-state index in [9.17, 15) is 4.79 Å². The topological polar surface area (TPSA) is 72.9 Å². The monoisotopic (exact) mass is 240 g/mol. The number of aromatic nitrogens is 4. The van der Waals surface area contributed by atoms with Crippen LogP contribution in [0.25, 0.3) is 0 Å². The van der Waals surface area contributed by atoms with Gasteiger partial charge in [0.1, 0.15) is 11.0 Å². The molecule has 0 atom stereocenters. The highest BCUT2D eigenvalue weighted by Crippen LogP contribution is 2.10. The summed E-state index contributed by atoms with van der Waals surface area (Å²) in [4.78, 5) is 18.5. The number of hydrogen-bond donors (Lipinski definition) is 1. The minimum absolute atomic E-state index is 0.0142. The fourth-order valence-corrected chi connectivity index (χ4v) is 1.44.